The Morgan fingerprint density at radius 2 is 1.86 bits per heavy atom. The van der Waals surface area contributed by atoms with Crippen LogP contribution in [0.2, 0.25) is 0 Å². The topological polar surface area (TPSA) is 51.7 Å². The van der Waals surface area contributed by atoms with Gasteiger partial charge in [-0.3, -0.25) is 4.79 Å². The van der Waals surface area contributed by atoms with Gasteiger partial charge in [0, 0.05) is 18.2 Å². The van der Waals surface area contributed by atoms with E-state index in [4.69, 9.17) is 9.47 Å². The fourth-order valence-corrected chi connectivity index (χ4v) is 4.19. The highest BCUT2D eigenvalue weighted by molar-refractivity contribution is 7.17. The second kappa shape index (κ2) is 9.09. The Bertz CT molecular complexity index is 982. The number of carbonyl (C=O) groups excluding carboxylic acids is 1. The number of para-hydroxylation sites is 1. The number of methoxy groups -OCH3 is 1. The number of ether oxygens (including phenoxy) is 2. The van der Waals surface area contributed by atoms with Crippen LogP contribution in [-0.4, -0.2) is 36.6 Å². The molecule has 0 aliphatic carbocycles. The molecule has 1 aromatic heterocycles. The summed E-state index contributed by atoms with van der Waals surface area (Å²) in [6.07, 6.45) is 0. The Morgan fingerprint density at radius 3 is 2.52 bits per heavy atom. The molecule has 1 amide bonds. The van der Waals surface area contributed by atoms with Crippen molar-refractivity contribution in [3.05, 3.63) is 64.7 Å². The quantitative estimate of drug-likeness (QED) is 0.526. The van der Waals surface area contributed by atoms with Crippen molar-refractivity contribution in [1.82, 2.24) is 9.88 Å². The molecule has 0 bridgehead atoms. The van der Waals surface area contributed by atoms with Gasteiger partial charge in [-0.15, -0.1) is 11.3 Å². The summed E-state index contributed by atoms with van der Waals surface area (Å²) < 4.78 is 11.0. The monoisotopic (exact) mass is 410 g/mol. The van der Waals surface area contributed by atoms with E-state index in [0.717, 1.165) is 33.3 Å². The summed E-state index contributed by atoms with van der Waals surface area (Å²) in [6.45, 7) is 6.46. The van der Waals surface area contributed by atoms with Crippen molar-refractivity contribution >= 4 is 17.2 Å². The van der Waals surface area contributed by atoms with Crippen molar-refractivity contribution in [3.63, 3.8) is 0 Å². The molecule has 0 fully saturated rings. The van der Waals surface area contributed by atoms with Gasteiger partial charge in [-0.2, -0.15) is 0 Å². The Morgan fingerprint density at radius 1 is 1.17 bits per heavy atom. The molecule has 0 aliphatic rings. The molecular formula is C23H26N2O3S. The van der Waals surface area contributed by atoms with E-state index in [1.807, 2.05) is 76.3 Å². The minimum Gasteiger partial charge on any atom is -0.496 e. The van der Waals surface area contributed by atoms with Crippen LogP contribution >= 0.6 is 11.3 Å². The van der Waals surface area contributed by atoms with Crippen LogP contribution in [0.25, 0.3) is 10.6 Å². The molecule has 0 N–H and O–H groups in total. The first-order chi connectivity index (χ1) is 14.0. The first kappa shape index (κ1) is 20.9. The summed E-state index contributed by atoms with van der Waals surface area (Å²) in [5, 5.41) is 0.826. The Balaban J connectivity index is 1.84. The molecular weight excluding hydrogens is 384 g/mol. The number of rotatable bonds is 7. The van der Waals surface area contributed by atoms with E-state index in [1.54, 1.807) is 12.0 Å². The molecule has 3 aromatic rings. The van der Waals surface area contributed by atoms with Crippen molar-refractivity contribution in [1.29, 1.82) is 0 Å². The molecule has 2 aromatic carbocycles. The fraction of sp³-hybridized carbons (Fsp3) is 0.304. The average molecular weight is 411 g/mol. The van der Waals surface area contributed by atoms with Gasteiger partial charge in [0.05, 0.1) is 25.5 Å². The zero-order chi connectivity index (χ0) is 21.0. The normalized spacial score (nSPS) is 11.8. The lowest BCUT2D eigenvalue weighted by Gasteiger charge is -2.26. The van der Waals surface area contributed by atoms with Gasteiger partial charge in [0.2, 0.25) is 0 Å². The molecule has 0 saturated heterocycles. The van der Waals surface area contributed by atoms with Crippen LogP contribution in [0.15, 0.2) is 48.5 Å². The lowest BCUT2D eigenvalue weighted by Crippen LogP contribution is -2.29. The van der Waals surface area contributed by atoms with Crippen molar-refractivity contribution in [2.75, 3.05) is 20.8 Å². The van der Waals surface area contributed by atoms with Gasteiger partial charge in [0.1, 0.15) is 21.4 Å². The molecule has 5 nitrogen and oxygen atoms in total. The molecule has 3 rings (SSSR count). The van der Waals surface area contributed by atoms with E-state index in [2.05, 4.69) is 4.98 Å². The molecule has 29 heavy (non-hydrogen) atoms. The van der Waals surface area contributed by atoms with Gasteiger partial charge in [-0.1, -0.05) is 18.2 Å². The lowest BCUT2D eigenvalue weighted by molar-refractivity contribution is 0.0745. The molecule has 0 aliphatic heterocycles. The van der Waals surface area contributed by atoms with Gasteiger partial charge in [0.25, 0.3) is 5.91 Å². The Kier molecular flexibility index (Phi) is 6.54. The second-order valence-corrected chi connectivity index (χ2v) is 7.72. The van der Waals surface area contributed by atoms with Crippen LogP contribution < -0.4 is 9.47 Å². The molecule has 1 unspecified atom stereocenters. The molecule has 1 atom stereocenters. The number of amides is 1. The fourth-order valence-electron chi connectivity index (χ4n) is 3.13. The van der Waals surface area contributed by atoms with Crippen LogP contribution in [0.1, 0.15) is 40.8 Å². The molecule has 0 radical (unpaired) electrons. The van der Waals surface area contributed by atoms with E-state index >= 15 is 0 Å². The van der Waals surface area contributed by atoms with Crippen LogP contribution in [-0.2, 0) is 0 Å². The zero-order valence-electron chi connectivity index (χ0n) is 17.4. The third-order valence-corrected chi connectivity index (χ3v) is 6.09. The highest BCUT2D eigenvalue weighted by Gasteiger charge is 2.25. The standard InChI is InChI=1S/C23H26N2O3S/c1-6-28-18-13-11-17(12-14-18)22-24-15(2)21(29-22)23(26)25(4)16(3)19-9-7-8-10-20(19)27-5/h7-14,16H,6H2,1-5H3. The third-order valence-electron chi connectivity index (χ3n) is 4.89. The van der Waals surface area contributed by atoms with Crippen molar-refractivity contribution < 1.29 is 14.3 Å². The van der Waals surface area contributed by atoms with E-state index in [9.17, 15) is 4.79 Å². The molecule has 152 valence electrons. The maximum absolute atomic E-state index is 13.2. The molecule has 0 saturated carbocycles. The van der Waals surface area contributed by atoms with Crippen molar-refractivity contribution in [2.24, 2.45) is 0 Å². The largest absolute Gasteiger partial charge is 0.496 e. The second-order valence-electron chi connectivity index (χ2n) is 6.72. The first-order valence-corrected chi connectivity index (χ1v) is 10.4. The highest BCUT2D eigenvalue weighted by Crippen LogP contribution is 2.33. The zero-order valence-corrected chi connectivity index (χ0v) is 18.2. The average Bonchev–Trinajstić information content (AvgIpc) is 3.14. The Labute approximate surface area is 175 Å². The Hall–Kier alpha value is -2.86. The summed E-state index contributed by atoms with van der Waals surface area (Å²) in [5.41, 5.74) is 2.68. The summed E-state index contributed by atoms with van der Waals surface area (Å²) in [7, 11) is 3.46. The smallest absolute Gasteiger partial charge is 0.266 e. The maximum atomic E-state index is 13.2. The predicted octanol–water partition coefficient (Wildman–Crippen LogP) is 5.36. The van der Waals surface area contributed by atoms with Crippen LogP contribution in [0, 0.1) is 6.92 Å². The van der Waals surface area contributed by atoms with Crippen molar-refractivity contribution in [3.8, 4) is 22.1 Å². The summed E-state index contributed by atoms with van der Waals surface area (Å²) >= 11 is 1.42. The number of aromatic nitrogens is 1. The number of benzene rings is 2. The summed E-state index contributed by atoms with van der Waals surface area (Å²) in [5.74, 6) is 1.55. The minimum absolute atomic E-state index is 0.0457. The number of thiazole rings is 1. The number of hydrogen-bond acceptors (Lipinski definition) is 5. The van der Waals surface area contributed by atoms with E-state index in [-0.39, 0.29) is 11.9 Å². The number of aryl methyl sites for hydroxylation is 1. The van der Waals surface area contributed by atoms with Gasteiger partial charge in [-0.25, -0.2) is 4.98 Å². The minimum atomic E-state index is -0.130. The van der Waals surface area contributed by atoms with Gasteiger partial charge in [-0.05, 0) is 51.1 Å². The van der Waals surface area contributed by atoms with Gasteiger partial charge < -0.3 is 14.4 Å². The number of hydrogen-bond donors (Lipinski definition) is 0. The lowest BCUT2D eigenvalue weighted by atomic mass is 10.1. The van der Waals surface area contributed by atoms with E-state index < -0.39 is 0 Å². The highest BCUT2D eigenvalue weighted by atomic mass is 32.1. The van der Waals surface area contributed by atoms with Crippen molar-refractivity contribution in [2.45, 2.75) is 26.8 Å². The van der Waals surface area contributed by atoms with Gasteiger partial charge >= 0.3 is 0 Å². The van der Waals surface area contributed by atoms with E-state index in [1.165, 1.54) is 11.3 Å². The summed E-state index contributed by atoms with van der Waals surface area (Å²) in [6, 6.07) is 15.4. The SMILES string of the molecule is CCOc1ccc(-c2nc(C)c(C(=O)N(C)C(C)c3ccccc3OC)s2)cc1. The van der Waals surface area contributed by atoms with Crippen LogP contribution in [0.5, 0.6) is 11.5 Å². The van der Waals surface area contributed by atoms with E-state index in [0.29, 0.717) is 11.5 Å². The maximum Gasteiger partial charge on any atom is 0.266 e. The van der Waals surface area contributed by atoms with Crippen LogP contribution in [0.3, 0.4) is 0 Å². The van der Waals surface area contributed by atoms with Gasteiger partial charge in [0.15, 0.2) is 0 Å². The molecule has 6 heteroatoms. The molecule has 0 spiro atoms. The number of carbonyl (C=O) groups is 1. The number of nitrogens with zero attached hydrogens (tertiary/aromatic N) is 2. The molecule has 1 heterocycles. The first-order valence-electron chi connectivity index (χ1n) is 9.57. The van der Waals surface area contributed by atoms with Crippen LogP contribution in [0.4, 0.5) is 0 Å². The predicted molar refractivity (Wildman–Crippen MR) is 117 cm³/mol. The summed E-state index contributed by atoms with van der Waals surface area (Å²) in [4.78, 5) is 20.2. The third kappa shape index (κ3) is 4.43.